The normalized spacial score (nSPS) is 19.5. The third kappa shape index (κ3) is 3.37. The minimum Gasteiger partial charge on any atom is -0.343 e. The number of anilines is 1. The Morgan fingerprint density at radius 3 is 2.64 bits per heavy atom. The van der Waals surface area contributed by atoms with E-state index in [0.717, 1.165) is 21.8 Å². The van der Waals surface area contributed by atoms with Gasteiger partial charge in [0.25, 0.3) is 0 Å². The summed E-state index contributed by atoms with van der Waals surface area (Å²) in [7, 11) is 0. The van der Waals surface area contributed by atoms with E-state index in [-0.39, 0.29) is 18.2 Å². The van der Waals surface area contributed by atoms with Gasteiger partial charge in [0.2, 0.25) is 5.91 Å². The number of thioether (sulfide) groups is 1. The van der Waals surface area contributed by atoms with E-state index in [1.54, 1.807) is 17.0 Å². The van der Waals surface area contributed by atoms with Crippen molar-refractivity contribution in [1.29, 1.82) is 5.26 Å². The fourth-order valence-corrected chi connectivity index (χ4v) is 5.09. The number of carbonyl (C=O) groups is 1. The molecule has 142 valence electrons. The molecule has 0 N–H and O–H groups in total. The molecule has 2 aromatic carbocycles. The smallest absolute Gasteiger partial charge is 0.229 e. The maximum atomic E-state index is 13.0. The lowest BCUT2D eigenvalue weighted by molar-refractivity contribution is -0.129. The molecule has 2 aliphatic heterocycles. The molecule has 7 heteroatoms. The van der Waals surface area contributed by atoms with Crippen LogP contribution < -0.4 is 4.90 Å². The van der Waals surface area contributed by atoms with Crippen LogP contribution in [0.3, 0.4) is 0 Å². The first-order valence-electron chi connectivity index (χ1n) is 8.82. The van der Waals surface area contributed by atoms with Gasteiger partial charge in [-0.3, -0.25) is 9.69 Å². The van der Waals surface area contributed by atoms with E-state index < -0.39 is 0 Å². The maximum absolute atomic E-state index is 13.0. The van der Waals surface area contributed by atoms with Crippen molar-refractivity contribution < 1.29 is 4.79 Å². The number of nitrogens with zero attached hydrogens (tertiary/aromatic N) is 3. The van der Waals surface area contributed by atoms with Crippen LogP contribution in [0.1, 0.15) is 23.5 Å². The highest BCUT2D eigenvalue weighted by atomic mass is 35.5. The summed E-state index contributed by atoms with van der Waals surface area (Å²) < 4.78 is 0. The summed E-state index contributed by atoms with van der Waals surface area (Å²) in [6.45, 7) is 2.39. The summed E-state index contributed by atoms with van der Waals surface area (Å²) in [5.41, 5.74) is 3.58. The van der Waals surface area contributed by atoms with Gasteiger partial charge in [0.15, 0.2) is 0 Å². The molecule has 2 aliphatic rings. The largest absolute Gasteiger partial charge is 0.343 e. The SMILES string of the molecule is Cc1c(Cl)cccc1N1CSC2=C(C#N)C(c3ccc(Cl)cc3)CC(=O)N2C1. The zero-order chi connectivity index (χ0) is 19.8. The van der Waals surface area contributed by atoms with Crippen LogP contribution in [0.15, 0.2) is 53.1 Å². The molecule has 0 bridgehead atoms. The molecule has 1 saturated heterocycles. The minimum atomic E-state index is -0.229. The lowest BCUT2D eigenvalue weighted by atomic mass is 9.86. The summed E-state index contributed by atoms with van der Waals surface area (Å²) in [5.74, 6) is 0.442. The second-order valence-corrected chi connectivity index (χ2v) is 8.58. The summed E-state index contributed by atoms with van der Waals surface area (Å²) in [5, 5.41) is 11.9. The fourth-order valence-electron chi connectivity index (χ4n) is 3.63. The Bertz CT molecular complexity index is 1010. The van der Waals surface area contributed by atoms with Crippen molar-refractivity contribution in [3.63, 3.8) is 0 Å². The first-order chi connectivity index (χ1) is 13.5. The van der Waals surface area contributed by atoms with E-state index in [0.29, 0.717) is 28.2 Å². The van der Waals surface area contributed by atoms with Crippen molar-refractivity contribution in [3.05, 3.63) is 74.2 Å². The van der Waals surface area contributed by atoms with Gasteiger partial charge in [-0.25, -0.2) is 0 Å². The average molecular weight is 430 g/mol. The lowest BCUT2D eigenvalue weighted by Gasteiger charge is -2.42. The second kappa shape index (κ2) is 7.71. The van der Waals surface area contributed by atoms with Crippen LogP contribution in [-0.2, 0) is 4.79 Å². The third-order valence-electron chi connectivity index (χ3n) is 5.15. The molecule has 0 saturated carbocycles. The van der Waals surface area contributed by atoms with E-state index in [2.05, 4.69) is 11.0 Å². The zero-order valence-electron chi connectivity index (χ0n) is 15.2. The van der Waals surface area contributed by atoms with Crippen molar-refractivity contribution in [2.45, 2.75) is 19.3 Å². The number of rotatable bonds is 2. The molecular weight excluding hydrogens is 413 g/mol. The van der Waals surface area contributed by atoms with E-state index in [4.69, 9.17) is 23.2 Å². The number of allylic oxidation sites excluding steroid dienone is 1. The number of halogens is 2. The van der Waals surface area contributed by atoms with Gasteiger partial charge in [-0.2, -0.15) is 5.26 Å². The molecule has 1 fully saturated rings. The van der Waals surface area contributed by atoms with Gasteiger partial charge in [-0.15, -0.1) is 0 Å². The molecule has 28 heavy (non-hydrogen) atoms. The van der Waals surface area contributed by atoms with E-state index in [1.165, 1.54) is 11.8 Å². The molecule has 1 unspecified atom stereocenters. The topological polar surface area (TPSA) is 47.3 Å². The van der Waals surface area contributed by atoms with Gasteiger partial charge in [-0.05, 0) is 42.3 Å². The Morgan fingerprint density at radius 2 is 1.93 bits per heavy atom. The number of carbonyl (C=O) groups excluding carboxylic acids is 1. The van der Waals surface area contributed by atoms with Crippen molar-refractivity contribution in [2.24, 2.45) is 0 Å². The fraction of sp³-hybridized carbons (Fsp3) is 0.238. The number of hydrogen-bond acceptors (Lipinski definition) is 4. The van der Waals surface area contributed by atoms with Gasteiger partial charge < -0.3 is 4.90 Å². The predicted octanol–water partition coefficient (Wildman–Crippen LogP) is 5.52. The number of benzene rings is 2. The van der Waals surface area contributed by atoms with Crippen LogP contribution in [0, 0.1) is 18.3 Å². The molecule has 0 radical (unpaired) electrons. The molecule has 2 heterocycles. The summed E-state index contributed by atoms with van der Waals surface area (Å²) >= 11 is 13.8. The molecule has 0 aromatic heterocycles. The number of nitriles is 1. The molecule has 4 nitrogen and oxygen atoms in total. The maximum Gasteiger partial charge on any atom is 0.229 e. The zero-order valence-corrected chi connectivity index (χ0v) is 17.5. The van der Waals surface area contributed by atoms with Crippen molar-refractivity contribution in [1.82, 2.24) is 4.90 Å². The highest BCUT2D eigenvalue weighted by molar-refractivity contribution is 8.03. The Kier molecular flexibility index (Phi) is 5.29. The lowest BCUT2D eigenvalue weighted by Crippen LogP contribution is -2.47. The average Bonchev–Trinajstić information content (AvgIpc) is 2.70. The Balaban J connectivity index is 1.68. The van der Waals surface area contributed by atoms with Crippen LogP contribution >= 0.6 is 35.0 Å². The monoisotopic (exact) mass is 429 g/mol. The van der Waals surface area contributed by atoms with Gasteiger partial charge >= 0.3 is 0 Å². The van der Waals surface area contributed by atoms with Crippen LogP contribution in [0.4, 0.5) is 5.69 Å². The Hall–Kier alpha value is -2.13. The van der Waals surface area contributed by atoms with Gasteiger partial charge in [0.1, 0.15) is 0 Å². The quantitative estimate of drug-likeness (QED) is 0.630. The predicted molar refractivity (Wildman–Crippen MR) is 114 cm³/mol. The van der Waals surface area contributed by atoms with E-state index in [9.17, 15) is 10.1 Å². The van der Waals surface area contributed by atoms with Crippen molar-refractivity contribution in [3.8, 4) is 6.07 Å². The number of amides is 1. The highest BCUT2D eigenvalue weighted by Gasteiger charge is 2.38. The van der Waals surface area contributed by atoms with E-state index >= 15 is 0 Å². The van der Waals surface area contributed by atoms with Crippen molar-refractivity contribution >= 4 is 46.6 Å². The summed E-state index contributed by atoms with van der Waals surface area (Å²) in [6, 6.07) is 15.5. The van der Waals surface area contributed by atoms with Gasteiger partial charge in [0.05, 0.1) is 29.2 Å². The first kappa shape index (κ1) is 19.2. The number of fused-ring (bicyclic) bond motifs is 1. The molecule has 1 atom stereocenters. The minimum absolute atomic E-state index is 0.0193. The van der Waals surface area contributed by atoms with Crippen LogP contribution in [0.25, 0.3) is 0 Å². The highest BCUT2D eigenvalue weighted by Crippen LogP contribution is 2.44. The molecule has 1 amide bonds. The molecular formula is C21H17Cl2N3OS. The summed E-state index contributed by atoms with van der Waals surface area (Å²) in [4.78, 5) is 16.8. The molecule has 0 aliphatic carbocycles. The second-order valence-electron chi connectivity index (χ2n) is 6.80. The first-order valence-corrected chi connectivity index (χ1v) is 10.6. The van der Waals surface area contributed by atoms with E-state index in [1.807, 2.05) is 37.3 Å². The molecule has 2 aromatic rings. The van der Waals surface area contributed by atoms with Crippen LogP contribution in [-0.4, -0.2) is 23.4 Å². The van der Waals surface area contributed by atoms with Gasteiger partial charge in [0, 0.05) is 28.1 Å². The standard InChI is InChI=1S/C21H17Cl2N3OS/c1-13-18(23)3-2-4-19(13)25-11-26-20(27)9-16(14-5-7-15(22)8-6-14)17(10-24)21(26)28-12-25/h2-8,16H,9,11-12H2,1H3. The summed E-state index contributed by atoms with van der Waals surface area (Å²) in [6.07, 6.45) is 0.275. The molecule has 4 rings (SSSR count). The number of hydrogen-bond donors (Lipinski definition) is 0. The van der Waals surface area contributed by atoms with Crippen LogP contribution in [0.5, 0.6) is 0 Å². The third-order valence-corrected chi connectivity index (χ3v) is 6.96. The van der Waals surface area contributed by atoms with Crippen LogP contribution in [0.2, 0.25) is 10.0 Å². The Labute approximate surface area is 178 Å². The van der Waals surface area contributed by atoms with Crippen molar-refractivity contribution in [2.75, 3.05) is 17.4 Å². The Morgan fingerprint density at radius 1 is 1.18 bits per heavy atom. The molecule has 0 spiro atoms. The van der Waals surface area contributed by atoms with Gasteiger partial charge in [-0.1, -0.05) is 53.2 Å².